The smallest absolute Gasteiger partial charge is 0.0635 e. The first kappa shape index (κ1) is 10.4. The van der Waals surface area contributed by atoms with Crippen molar-refractivity contribution in [1.82, 2.24) is 5.32 Å². The number of nitrogens with one attached hydrogen (secondary N) is 1. The lowest BCUT2D eigenvalue weighted by Gasteiger charge is -2.00. The number of ether oxygens (including phenoxy) is 1. The summed E-state index contributed by atoms with van der Waals surface area (Å²) in [5.41, 5.74) is 0. The standard InChI is InChI=1S/C8H16N2O/c1-11-8-3-2-6-10-7-4-5-9/h10H,2-4,6-8H2,1H3. The molecule has 0 spiro atoms. The lowest BCUT2D eigenvalue weighted by molar-refractivity contribution is 0.192. The molecule has 0 heterocycles. The summed E-state index contributed by atoms with van der Waals surface area (Å²) >= 11 is 0. The topological polar surface area (TPSA) is 45.0 Å². The van der Waals surface area contributed by atoms with Crippen molar-refractivity contribution in [1.29, 1.82) is 5.26 Å². The molecule has 1 N–H and O–H groups in total. The summed E-state index contributed by atoms with van der Waals surface area (Å²) < 4.78 is 4.89. The molecule has 0 aliphatic heterocycles. The van der Waals surface area contributed by atoms with Gasteiger partial charge in [0.05, 0.1) is 6.07 Å². The Morgan fingerprint density at radius 1 is 1.36 bits per heavy atom. The Balaban J connectivity index is 2.75. The highest BCUT2D eigenvalue weighted by Crippen LogP contribution is 1.86. The van der Waals surface area contributed by atoms with E-state index in [4.69, 9.17) is 10.00 Å². The monoisotopic (exact) mass is 156 g/mol. The van der Waals surface area contributed by atoms with Crippen LogP contribution >= 0.6 is 0 Å². The summed E-state index contributed by atoms with van der Waals surface area (Å²) in [5.74, 6) is 0. The van der Waals surface area contributed by atoms with Gasteiger partial charge in [-0.2, -0.15) is 5.26 Å². The van der Waals surface area contributed by atoms with E-state index in [0.29, 0.717) is 6.42 Å². The third-order valence-corrected chi connectivity index (χ3v) is 1.37. The third-order valence-electron chi connectivity index (χ3n) is 1.37. The van der Waals surface area contributed by atoms with Crippen LogP contribution in [0.5, 0.6) is 0 Å². The quantitative estimate of drug-likeness (QED) is 0.557. The van der Waals surface area contributed by atoms with Crippen molar-refractivity contribution in [3.63, 3.8) is 0 Å². The van der Waals surface area contributed by atoms with E-state index >= 15 is 0 Å². The molecule has 3 heteroatoms. The van der Waals surface area contributed by atoms with Crippen LogP contribution in [0.15, 0.2) is 0 Å². The van der Waals surface area contributed by atoms with Crippen LogP contribution in [-0.4, -0.2) is 26.8 Å². The molecule has 0 amide bonds. The highest BCUT2D eigenvalue weighted by molar-refractivity contribution is 4.69. The lowest BCUT2D eigenvalue weighted by atomic mass is 10.3. The van der Waals surface area contributed by atoms with E-state index in [1.807, 2.05) is 0 Å². The number of hydrogen-bond donors (Lipinski definition) is 1. The number of nitrogens with zero attached hydrogens (tertiary/aromatic N) is 1. The molecule has 0 unspecified atom stereocenters. The molecule has 0 aromatic heterocycles. The number of nitriles is 1. The molecule has 0 aromatic rings. The average molecular weight is 156 g/mol. The molecule has 0 bridgehead atoms. The fraction of sp³-hybridized carbons (Fsp3) is 0.875. The van der Waals surface area contributed by atoms with E-state index in [1.165, 1.54) is 0 Å². The number of hydrogen-bond acceptors (Lipinski definition) is 3. The third kappa shape index (κ3) is 9.41. The van der Waals surface area contributed by atoms with Gasteiger partial charge in [0.25, 0.3) is 0 Å². The van der Waals surface area contributed by atoms with Gasteiger partial charge in [-0.1, -0.05) is 0 Å². The first-order valence-electron chi connectivity index (χ1n) is 3.98. The van der Waals surface area contributed by atoms with Crippen molar-refractivity contribution in [2.75, 3.05) is 26.8 Å². The molecule has 64 valence electrons. The molecule has 0 atom stereocenters. The van der Waals surface area contributed by atoms with Crippen molar-refractivity contribution in [2.24, 2.45) is 0 Å². The maximum absolute atomic E-state index is 8.20. The second-order valence-corrected chi connectivity index (χ2v) is 2.36. The van der Waals surface area contributed by atoms with Crippen LogP contribution in [0.4, 0.5) is 0 Å². The molecule has 3 nitrogen and oxygen atoms in total. The highest BCUT2D eigenvalue weighted by Gasteiger charge is 1.87. The van der Waals surface area contributed by atoms with E-state index < -0.39 is 0 Å². The minimum atomic E-state index is 0.601. The fourth-order valence-corrected chi connectivity index (χ4v) is 0.766. The Bertz CT molecular complexity index is 109. The summed E-state index contributed by atoms with van der Waals surface area (Å²) in [4.78, 5) is 0. The molecule has 0 aliphatic rings. The Morgan fingerprint density at radius 2 is 2.18 bits per heavy atom. The van der Waals surface area contributed by atoms with Gasteiger partial charge in [0.2, 0.25) is 0 Å². The Morgan fingerprint density at radius 3 is 2.82 bits per heavy atom. The van der Waals surface area contributed by atoms with Crippen LogP contribution in [-0.2, 0) is 4.74 Å². The van der Waals surface area contributed by atoms with Gasteiger partial charge in [0, 0.05) is 26.7 Å². The number of unbranched alkanes of at least 4 members (excludes halogenated alkanes) is 1. The van der Waals surface area contributed by atoms with Gasteiger partial charge in [-0.3, -0.25) is 0 Å². The molecule has 0 rings (SSSR count). The molecular formula is C8H16N2O. The van der Waals surface area contributed by atoms with Crippen LogP contribution in [0.3, 0.4) is 0 Å². The predicted octanol–water partition coefficient (Wildman–Crippen LogP) is 0.916. The Labute approximate surface area is 68.3 Å². The zero-order valence-electron chi connectivity index (χ0n) is 7.10. The maximum Gasteiger partial charge on any atom is 0.0635 e. The van der Waals surface area contributed by atoms with Crippen molar-refractivity contribution >= 4 is 0 Å². The SMILES string of the molecule is COCCCCNCCC#N. The largest absolute Gasteiger partial charge is 0.385 e. The first-order chi connectivity index (χ1) is 5.41. The van der Waals surface area contributed by atoms with Crippen molar-refractivity contribution in [2.45, 2.75) is 19.3 Å². The van der Waals surface area contributed by atoms with Gasteiger partial charge in [-0.15, -0.1) is 0 Å². The van der Waals surface area contributed by atoms with E-state index in [2.05, 4.69) is 11.4 Å². The Hall–Kier alpha value is -0.590. The summed E-state index contributed by atoms with van der Waals surface area (Å²) in [7, 11) is 1.71. The molecule has 0 saturated heterocycles. The van der Waals surface area contributed by atoms with Crippen molar-refractivity contribution in [3.8, 4) is 6.07 Å². The Kier molecular flexibility index (Phi) is 8.91. The molecule has 0 radical (unpaired) electrons. The number of rotatable bonds is 7. The van der Waals surface area contributed by atoms with E-state index in [-0.39, 0.29) is 0 Å². The molecule has 0 aliphatic carbocycles. The van der Waals surface area contributed by atoms with Gasteiger partial charge in [0.1, 0.15) is 0 Å². The molecule has 0 fully saturated rings. The van der Waals surface area contributed by atoms with Crippen LogP contribution in [0, 0.1) is 11.3 Å². The summed E-state index contributed by atoms with van der Waals surface area (Å²) in [6, 6.07) is 2.08. The van der Waals surface area contributed by atoms with Gasteiger partial charge in [-0.05, 0) is 19.4 Å². The zero-order chi connectivity index (χ0) is 8.36. The number of methoxy groups -OCH3 is 1. The van der Waals surface area contributed by atoms with Crippen LogP contribution < -0.4 is 5.32 Å². The van der Waals surface area contributed by atoms with Gasteiger partial charge in [0.15, 0.2) is 0 Å². The molecule has 11 heavy (non-hydrogen) atoms. The lowest BCUT2D eigenvalue weighted by Crippen LogP contribution is -2.16. The predicted molar refractivity (Wildman–Crippen MR) is 44.2 cm³/mol. The minimum absolute atomic E-state index is 0.601. The normalized spacial score (nSPS) is 9.45. The van der Waals surface area contributed by atoms with Crippen LogP contribution in [0.25, 0.3) is 0 Å². The van der Waals surface area contributed by atoms with Crippen molar-refractivity contribution < 1.29 is 4.74 Å². The van der Waals surface area contributed by atoms with Crippen molar-refractivity contribution in [3.05, 3.63) is 0 Å². The average Bonchev–Trinajstić information content (AvgIpc) is 2.03. The van der Waals surface area contributed by atoms with E-state index in [1.54, 1.807) is 7.11 Å². The van der Waals surface area contributed by atoms with Gasteiger partial charge in [-0.25, -0.2) is 0 Å². The summed E-state index contributed by atoms with van der Waals surface area (Å²) in [6.07, 6.45) is 2.82. The van der Waals surface area contributed by atoms with E-state index in [9.17, 15) is 0 Å². The second kappa shape index (κ2) is 9.41. The second-order valence-electron chi connectivity index (χ2n) is 2.36. The summed E-state index contributed by atoms with van der Waals surface area (Å²) in [6.45, 7) is 2.63. The highest BCUT2D eigenvalue weighted by atomic mass is 16.5. The molecule has 0 saturated carbocycles. The minimum Gasteiger partial charge on any atom is -0.385 e. The molecule has 0 aromatic carbocycles. The van der Waals surface area contributed by atoms with Gasteiger partial charge >= 0.3 is 0 Å². The van der Waals surface area contributed by atoms with E-state index in [0.717, 1.165) is 32.5 Å². The molecular weight excluding hydrogens is 140 g/mol. The zero-order valence-corrected chi connectivity index (χ0v) is 7.10. The summed E-state index contributed by atoms with van der Waals surface area (Å²) in [5, 5.41) is 11.4. The first-order valence-corrected chi connectivity index (χ1v) is 3.98. The maximum atomic E-state index is 8.20. The van der Waals surface area contributed by atoms with Gasteiger partial charge < -0.3 is 10.1 Å². The van der Waals surface area contributed by atoms with Crippen LogP contribution in [0.2, 0.25) is 0 Å². The van der Waals surface area contributed by atoms with Crippen LogP contribution in [0.1, 0.15) is 19.3 Å². The fourth-order valence-electron chi connectivity index (χ4n) is 0.766.